The zero-order chi connectivity index (χ0) is 27.3. The summed E-state index contributed by atoms with van der Waals surface area (Å²) in [6, 6.07) is 3.79. The smallest absolute Gasteiger partial charge is 0.248 e. The van der Waals surface area contributed by atoms with E-state index in [4.69, 9.17) is 9.47 Å². The summed E-state index contributed by atoms with van der Waals surface area (Å²) in [6.07, 6.45) is 3.50. The lowest BCUT2D eigenvalue weighted by Gasteiger charge is -2.42. The molecule has 1 aromatic carbocycles. The van der Waals surface area contributed by atoms with Gasteiger partial charge in [0.1, 0.15) is 12.4 Å². The van der Waals surface area contributed by atoms with Gasteiger partial charge in [0.25, 0.3) is 0 Å². The minimum absolute atomic E-state index is 0.0954. The van der Waals surface area contributed by atoms with Gasteiger partial charge in [-0.15, -0.1) is 0 Å². The number of methoxy groups -OCH3 is 1. The zero-order valence-corrected chi connectivity index (χ0v) is 23.8. The summed E-state index contributed by atoms with van der Waals surface area (Å²) in [5, 5.41) is 0. The summed E-state index contributed by atoms with van der Waals surface area (Å²) in [7, 11) is 3.11. The number of carbonyl (C=O) groups excluding carboxylic acids is 2. The SMILES string of the molecule is COc1cc(C)c(S(=O)(=O)N(C)CCOCC(=O)N(C)C2CCC(N3CCN(C)CC3=O)CC2)c(C)c1. The van der Waals surface area contributed by atoms with E-state index in [2.05, 4.69) is 0 Å². The van der Waals surface area contributed by atoms with Crippen LogP contribution < -0.4 is 4.74 Å². The first kappa shape index (κ1) is 29.3. The second-order valence-corrected chi connectivity index (χ2v) is 12.2. The van der Waals surface area contributed by atoms with Gasteiger partial charge < -0.3 is 19.3 Å². The molecular weight excluding hydrogens is 496 g/mol. The number of aryl methyl sites for hydroxylation is 2. The Hall–Kier alpha value is -2.21. The minimum atomic E-state index is -3.71. The maximum absolute atomic E-state index is 13.1. The highest BCUT2D eigenvalue weighted by molar-refractivity contribution is 7.89. The number of hydrogen-bond acceptors (Lipinski definition) is 7. The van der Waals surface area contributed by atoms with Crippen molar-refractivity contribution in [3.8, 4) is 5.75 Å². The predicted molar refractivity (Wildman–Crippen MR) is 141 cm³/mol. The second kappa shape index (κ2) is 12.6. The highest BCUT2D eigenvalue weighted by Gasteiger charge is 2.33. The summed E-state index contributed by atoms with van der Waals surface area (Å²) in [4.78, 5) is 31.2. The first-order valence-corrected chi connectivity index (χ1v) is 14.3. The highest BCUT2D eigenvalue weighted by Crippen LogP contribution is 2.28. The Morgan fingerprint density at radius 2 is 1.70 bits per heavy atom. The van der Waals surface area contributed by atoms with Crippen molar-refractivity contribution >= 4 is 21.8 Å². The van der Waals surface area contributed by atoms with Crippen LogP contribution in [0.1, 0.15) is 36.8 Å². The summed E-state index contributed by atoms with van der Waals surface area (Å²) >= 11 is 0. The van der Waals surface area contributed by atoms with E-state index in [0.717, 1.165) is 38.8 Å². The fourth-order valence-electron chi connectivity index (χ4n) is 5.32. The van der Waals surface area contributed by atoms with Gasteiger partial charge in [-0.25, -0.2) is 8.42 Å². The Labute approximate surface area is 221 Å². The molecule has 11 heteroatoms. The van der Waals surface area contributed by atoms with Gasteiger partial charge in [0.05, 0.1) is 25.2 Å². The molecule has 0 bridgehead atoms. The van der Waals surface area contributed by atoms with Crippen LogP contribution in [0.25, 0.3) is 0 Å². The molecular formula is C26H42N4O6S. The quantitative estimate of drug-likeness (QED) is 0.416. The molecule has 0 atom stereocenters. The van der Waals surface area contributed by atoms with Crippen LogP contribution in [0.5, 0.6) is 5.75 Å². The Morgan fingerprint density at radius 1 is 1.08 bits per heavy atom. The monoisotopic (exact) mass is 538 g/mol. The lowest BCUT2D eigenvalue weighted by molar-refractivity contribution is -0.141. The van der Waals surface area contributed by atoms with Crippen molar-refractivity contribution in [3.05, 3.63) is 23.3 Å². The first-order valence-electron chi connectivity index (χ1n) is 12.9. The Balaban J connectivity index is 1.43. The van der Waals surface area contributed by atoms with E-state index in [9.17, 15) is 18.0 Å². The molecule has 2 amide bonds. The molecule has 37 heavy (non-hydrogen) atoms. The number of carbonyl (C=O) groups is 2. The molecule has 1 aliphatic heterocycles. The predicted octanol–water partition coefficient (Wildman–Crippen LogP) is 1.49. The van der Waals surface area contributed by atoms with Gasteiger partial charge in [-0.1, -0.05) is 0 Å². The lowest BCUT2D eigenvalue weighted by atomic mass is 9.89. The fourth-order valence-corrected chi connectivity index (χ4v) is 6.87. The molecule has 1 heterocycles. The van der Waals surface area contributed by atoms with E-state index in [1.165, 1.54) is 11.4 Å². The Kier molecular flexibility index (Phi) is 9.96. The molecule has 0 aromatic heterocycles. The molecule has 0 spiro atoms. The number of sulfonamides is 1. The Morgan fingerprint density at radius 3 is 2.27 bits per heavy atom. The molecule has 10 nitrogen and oxygen atoms in total. The van der Waals surface area contributed by atoms with Crippen molar-refractivity contribution in [1.29, 1.82) is 0 Å². The fraction of sp³-hybridized carbons (Fsp3) is 0.692. The Bertz CT molecular complexity index is 1050. The number of hydrogen-bond donors (Lipinski definition) is 0. The van der Waals surface area contributed by atoms with Crippen LogP contribution in [-0.2, 0) is 24.3 Å². The van der Waals surface area contributed by atoms with Gasteiger partial charge in [0, 0.05) is 45.8 Å². The van der Waals surface area contributed by atoms with E-state index < -0.39 is 10.0 Å². The number of rotatable bonds is 10. The zero-order valence-electron chi connectivity index (χ0n) is 23.0. The molecule has 1 aromatic rings. The maximum atomic E-state index is 13.1. The van der Waals surface area contributed by atoms with Gasteiger partial charge >= 0.3 is 0 Å². The third-order valence-corrected chi connectivity index (χ3v) is 9.77. The maximum Gasteiger partial charge on any atom is 0.248 e. The van der Waals surface area contributed by atoms with Crippen LogP contribution in [-0.4, -0.2) is 119 Å². The largest absolute Gasteiger partial charge is 0.497 e. The van der Waals surface area contributed by atoms with Gasteiger partial charge in [0.15, 0.2) is 0 Å². The molecule has 208 valence electrons. The van der Waals surface area contributed by atoms with Crippen LogP contribution in [0.3, 0.4) is 0 Å². The van der Waals surface area contributed by atoms with Gasteiger partial charge in [-0.05, 0) is 69.8 Å². The molecule has 1 aliphatic carbocycles. The average molecular weight is 539 g/mol. The summed E-state index contributed by atoms with van der Waals surface area (Å²) in [5.41, 5.74) is 1.24. The topological polar surface area (TPSA) is 99.7 Å². The van der Waals surface area contributed by atoms with Gasteiger partial charge in [-0.3, -0.25) is 14.5 Å². The number of amides is 2. The number of benzene rings is 1. The van der Waals surface area contributed by atoms with Crippen molar-refractivity contribution in [2.45, 2.75) is 56.5 Å². The molecule has 1 saturated heterocycles. The minimum Gasteiger partial charge on any atom is -0.497 e. The van der Waals surface area contributed by atoms with E-state index >= 15 is 0 Å². The molecule has 0 radical (unpaired) electrons. The van der Waals surface area contributed by atoms with Crippen LogP contribution in [0.15, 0.2) is 17.0 Å². The van der Waals surface area contributed by atoms with Gasteiger partial charge in [0.2, 0.25) is 21.8 Å². The van der Waals surface area contributed by atoms with Crippen LogP contribution in [0.4, 0.5) is 0 Å². The molecule has 2 aliphatic rings. The van der Waals surface area contributed by atoms with Crippen molar-refractivity contribution in [1.82, 2.24) is 19.0 Å². The van der Waals surface area contributed by atoms with Gasteiger partial charge in [-0.2, -0.15) is 4.31 Å². The standard InChI is InChI=1S/C26H42N4O6S/c1-19-15-23(35-6)16-20(2)26(19)37(33,34)28(4)13-14-36-18-25(32)29(5)21-7-9-22(10-8-21)30-12-11-27(3)17-24(30)31/h15-16,21-22H,7-14,17-18H2,1-6H3. The van der Waals surface area contributed by atoms with Crippen molar-refractivity contribution in [3.63, 3.8) is 0 Å². The first-order chi connectivity index (χ1) is 17.4. The van der Waals surface area contributed by atoms with Crippen LogP contribution >= 0.6 is 0 Å². The summed E-state index contributed by atoms with van der Waals surface area (Å²) in [5.74, 6) is 0.690. The third-order valence-electron chi connectivity index (χ3n) is 7.61. The molecule has 3 rings (SSSR count). The lowest BCUT2D eigenvalue weighted by Crippen LogP contribution is -2.54. The molecule has 0 unspecified atom stereocenters. The van der Waals surface area contributed by atoms with E-state index in [-0.39, 0.29) is 48.6 Å². The van der Waals surface area contributed by atoms with E-state index in [1.54, 1.807) is 45.0 Å². The third kappa shape index (κ3) is 7.01. The number of ether oxygens (including phenoxy) is 2. The normalized spacial score (nSPS) is 21.4. The number of likely N-dealkylation sites (N-methyl/N-ethyl adjacent to an activating group) is 3. The van der Waals surface area contributed by atoms with E-state index in [1.807, 2.05) is 16.8 Å². The average Bonchev–Trinajstić information content (AvgIpc) is 2.85. The van der Waals surface area contributed by atoms with E-state index in [0.29, 0.717) is 23.4 Å². The van der Waals surface area contributed by atoms with Crippen molar-refractivity contribution in [2.24, 2.45) is 0 Å². The molecule has 2 fully saturated rings. The van der Waals surface area contributed by atoms with Crippen molar-refractivity contribution < 1.29 is 27.5 Å². The second-order valence-electron chi connectivity index (χ2n) is 10.3. The van der Waals surface area contributed by atoms with Crippen molar-refractivity contribution in [2.75, 3.05) is 67.6 Å². The summed E-state index contributed by atoms with van der Waals surface area (Å²) in [6.45, 7) is 5.80. The van der Waals surface area contributed by atoms with Crippen LogP contribution in [0.2, 0.25) is 0 Å². The molecule has 0 N–H and O–H groups in total. The molecule has 1 saturated carbocycles. The highest BCUT2D eigenvalue weighted by atomic mass is 32.2. The van der Waals surface area contributed by atoms with Crippen LogP contribution in [0, 0.1) is 13.8 Å². The number of piperazine rings is 1. The summed E-state index contributed by atoms with van der Waals surface area (Å²) < 4.78 is 38.3. The number of nitrogens with zero attached hydrogens (tertiary/aromatic N) is 4.